The van der Waals surface area contributed by atoms with Gasteiger partial charge in [-0.25, -0.2) is 0 Å². The molecule has 10 unspecified atom stereocenters. The standard InChI is InChI=1S/C31H52NO22/c1-8-15(32-10-2-9(3-33)16(38)20(42)17(10)39)19(41)23(45)29(49-8)53-27-13(5-35)51-31(25(47)21(27)43)54-28-14(6-36)50-30(24(46)22(28)44)52-26-12(4-34)48-7-11(37)18(26)40/h2,7-9,11-47H,3-6H2,1H3/t8?,9?,11?,12?,13?,14?,15-,16-,17?,18+,19-,20-,21+,22+,23?,24?,25?,26-,27-,28-,29-,30-,31-/m0/s1. The SMILES string of the molecule is CC1O[C@@H](O[C@H]2C(CO)O[C@@H](O[C@H]3C(CO)O[C@@H](O[C@H]4C(CO)O[CH]C(O)[C@H]4O)C(O)[C@H]3O)C(O)[C@H]2O)C(O)[C@@H](O)[C@H]1NC1=CC(CO)[C@H](O)[C@H](O)C1O. The van der Waals surface area contributed by atoms with Crippen molar-refractivity contribution in [2.75, 3.05) is 26.4 Å². The van der Waals surface area contributed by atoms with Gasteiger partial charge in [-0.2, -0.15) is 0 Å². The quantitative estimate of drug-likeness (QED) is 0.0872. The Morgan fingerprint density at radius 3 is 1.48 bits per heavy atom. The summed E-state index contributed by atoms with van der Waals surface area (Å²) in [5.74, 6) is -0.960. The Morgan fingerprint density at radius 1 is 0.537 bits per heavy atom. The van der Waals surface area contributed by atoms with E-state index in [1.54, 1.807) is 0 Å². The summed E-state index contributed by atoms with van der Waals surface area (Å²) in [6, 6.07) is -1.15. The van der Waals surface area contributed by atoms with Gasteiger partial charge in [-0.3, -0.25) is 0 Å². The molecule has 0 saturated carbocycles. The Kier molecular flexibility index (Phi) is 15.0. The minimum atomic E-state index is -2.02. The fourth-order valence-electron chi connectivity index (χ4n) is 7.08. The summed E-state index contributed by atoms with van der Waals surface area (Å²) in [4.78, 5) is 0. The summed E-state index contributed by atoms with van der Waals surface area (Å²) in [5.41, 5.74) is -0.0670. The number of aliphatic hydroxyl groups is 15. The van der Waals surface area contributed by atoms with Crippen molar-refractivity contribution in [1.29, 1.82) is 0 Å². The van der Waals surface area contributed by atoms with Crippen molar-refractivity contribution in [2.45, 2.75) is 142 Å². The molecule has 0 amide bonds. The predicted molar refractivity (Wildman–Crippen MR) is 168 cm³/mol. The molecule has 1 radical (unpaired) electrons. The first kappa shape index (κ1) is 43.8. The molecule has 23 atom stereocenters. The lowest BCUT2D eigenvalue weighted by molar-refractivity contribution is -0.381. The fourth-order valence-corrected chi connectivity index (χ4v) is 7.08. The van der Waals surface area contributed by atoms with Crippen LogP contribution in [0.1, 0.15) is 6.92 Å². The van der Waals surface area contributed by atoms with E-state index in [0.29, 0.717) is 0 Å². The van der Waals surface area contributed by atoms with Crippen molar-refractivity contribution in [3.8, 4) is 0 Å². The lowest BCUT2D eigenvalue weighted by atomic mass is 9.86. The first-order valence-electron chi connectivity index (χ1n) is 17.4. The summed E-state index contributed by atoms with van der Waals surface area (Å²) in [6.45, 7) is -0.707. The van der Waals surface area contributed by atoms with Crippen molar-refractivity contribution in [1.82, 2.24) is 5.32 Å². The van der Waals surface area contributed by atoms with Gasteiger partial charge >= 0.3 is 0 Å². The van der Waals surface area contributed by atoms with Gasteiger partial charge in [-0.15, -0.1) is 0 Å². The average molecular weight is 791 g/mol. The highest BCUT2D eigenvalue weighted by molar-refractivity contribution is 5.19. The lowest BCUT2D eigenvalue weighted by Gasteiger charge is -2.49. The molecule has 16 N–H and O–H groups in total. The van der Waals surface area contributed by atoms with Crippen molar-refractivity contribution >= 4 is 0 Å². The van der Waals surface area contributed by atoms with Crippen LogP contribution >= 0.6 is 0 Å². The summed E-state index contributed by atoms with van der Waals surface area (Å²) >= 11 is 0. The predicted octanol–water partition coefficient (Wildman–Crippen LogP) is -9.69. The molecule has 313 valence electrons. The van der Waals surface area contributed by atoms with Crippen molar-refractivity contribution < 1.29 is 110 Å². The van der Waals surface area contributed by atoms with Crippen LogP contribution in [0.5, 0.6) is 0 Å². The lowest BCUT2D eigenvalue weighted by Crippen LogP contribution is -2.67. The number of nitrogens with one attached hydrogen (secondary N) is 1. The van der Waals surface area contributed by atoms with Crippen LogP contribution in [0.25, 0.3) is 0 Å². The van der Waals surface area contributed by atoms with E-state index in [-0.39, 0.29) is 5.70 Å². The van der Waals surface area contributed by atoms with E-state index in [2.05, 4.69) is 5.32 Å². The van der Waals surface area contributed by atoms with Crippen molar-refractivity contribution in [2.24, 2.45) is 5.92 Å². The van der Waals surface area contributed by atoms with Gasteiger partial charge in [0.2, 0.25) is 0 Å². The number of ether oxygens (including phenoxy) is 7. The maximum absolute atomic E-state index is 11.1. The highest BCUT2D eigenvalue weighted by Gasteiger charge is 2.55. The molecule has 4 saturated heterocycles. The Labute approximate surface area is 307 Å². The molecule has 0 aromatic heterocycles. The van der Waals surface area contributed by atoms with E-state index in [1.807, 2.05) is 0 Å². The van der Waals surface area contributed by atoms with Crippen LogP contribution in [0, 0.1) is 12.5 Å². The van der Waals surface area contributed by atoms with Crippen LogP contribution in [0.4, 0.5) is 0 Å². The number of hydrogen-bond donors (Lipinski definition) is 16. The Balaban J connectivity index is 1.22. The summed E-state index contributed by atoms with van der Waals surface area (Å²) < 4.78 is 38.9. The van der Waals surface area contributed by atoms with E-state index in [0.717, 1.165) is 6.61 Å². The number of aliphatic hydroxyl groups excluding tert-OH is 15. The third kappa shape index (κ3) is 8.73. The van der Waals surface area contributed by atoms with E-state index in [4.69, 9.17) is 33.2 Å². The molecule has 0 aromatic carbocycles. The second kappa shape index (κ2) is 18.5. The maximum atomic E-state index is 11.1. The molecule has 0 bridgehead atoms. The summed E-state index contributed by atoms with van der Waals surface area (Å²) in [7, 11) is 0. The average Bonchev–Trinajstić information content (AvgIpc) is 3.16. The molecule has 1 aliphatic carbocycles. The summed E-state index contributed by atoms with van der Waals surface area (Å²) in [5, 5.41) is 159. The highest BCUT2D eigenvalue weighted by atomic mass is 16.8. The monoisotopic (exact) mass is 790 g/mol. The van der Waals surface area contributed by atoms with Gasteiger partial charge in [0, 0.05) is 11.6 Å². The molecule has 5 rings (SSSR count). The molecule has 0 spiro atoms. The molecule has 5 aliphatic rings. The maximum Gasteiger partial charge on any atom is 0.187 e. The molecular weight excluding hydrogens is 738 g/mol. The van der Waals surface area contributed by atoms with Gasteiger partial charge in [0.05, 0.1) is 44.7 Å². The van der Waals surface area contributed by atoms with Gasteiger partial charge < -0.3 is 115 Å². The second-order valence-electron chi connectivity index (χ2n) is 13.9. The zero-order valence-electron chi connectivity index (χ0n) is 28.8. The van der Waals surface area contributed by atoms with Gasteiger partial charge in [0.25, 0.3) is 0 Å². The van der Waals surface area contributed by atoms with Crippen LogP contribution in [0.2, 0.25) is 0 Å². The largest absolute Gasteiger partial charge is 0.396 e. The molecule has 54 heavy (non-hydrogen) atoms. The van der Waals surface area contributed by atoms with E-state index >= 15 is 0 Å². The smallest absolute Gasteiger partial charge is 0.187 e. The molecule has 4 aliphatic heterocycles. The Morgan fingerprint density at radius 2 is 1.00 bits per heavy atom. The zero-order valence-corrected chi connectivity index (χ0v) is 28.8. The van der Waals surface area contributed by atoms with Gasteiger partial charge in [0.1, 0.15) is 104 Å². The topological polar surface area (TPSA) is 380 Å². The molecule has 23 heteroatoms. The third-order valence-electron chi connectivity index (χ3n) is 10.4. The third-order valence-corrected chi connectivity index (χ3v) is 10.4. The van der Waals surface area contributed by atoms with Crippen LogP contribution in [-0.4, -0.2) is 238 Å². The second-order valence-corrected chi connectivity index (χ2v) is 13.9. The zero-order chi connectivity index (χ0) is 39.8. The Hall–Kier alpha value is -1.34. The van der Waals surface area contributed by atoms with Gasteiger partial charge in [-0.05, 0) is 6.92 Å². The van der Waals surface area contributed by atoms with Crippen LogP contribution in [-0.2, 0) is 33.2 Å². The van der Waals surface area contributed by atoms with Gasteiger partial charge in [0.15, 0.2) is 18.9 Å². The van der Waals surface area contributed by atoms with Crippen LogP contribution in [0.15, 0.2) is 11.8 Å². The molecular formula is C31H52NO22. The fraction of sp³-hybridized carbons (Fsp3) is 0.903. The van der Waals surface area contributed by atoms with E-state index < -0.39 is 167 Å². The van der Waals surface area contributed by atoms with Gasteiger partial charge in [-0.1, -0.05) is 6.08 Å². The molecule has 4 heterocycles. The molecule has 4 fully saturated rings. The molecule has 23 nitrogen and oxygen atoms in total. The summed E-state index contributed by atoms with van der Waals surface area (Å²) in [6.07, 6.45) is -33.6. The normalized spacial score (nSPS) is 51.8. The van der Waals surface area contributed by atoms with E-state index in [9.17, 15) is 76.6 Å². The minimum absolute atomic E-state index is 0.0670. The van der Waals surface area contributed by atoms with E-state index in [1.165, 1.54) is 13.0 Å². The number of hydrogen-bond acceptors (Lipinski definition) is 23. The number of rotatable bonds is 12. The first-order valence-corrected chi connectivity index (χ1v) is 17.4. The highest BCUT2D eigenvalue weighted by Crippen LogP contribution is 2.34. The van der Waals surface area contributed by atoms with Crippen LogP contribution in [0.3, 0.4) is 0 Å². The minimum Gasteiger partial charge on any atom is -0.396 e. The Bertz CT molecular complexity index is 1220. The van der Waals surface area contributed by atoms with Crippen molar-refractivity contribution in [3.63, 3.8) is 0 Å². The van der Waals surface area contributed by atoms with Crippen LogP contribution < -0.4 is 5.32 Å². The first-order chi connectivity index (χ1) is 25.6. The van der Waals surface area contributed by atoms with Crippen molar-refractivity contribution in [3.05, 3.63) is 18.4 Å². The molecule has 0 aromatic rings.